The van der Waals surface area contributed by atoms with E-state index in [1.807, 2.05) is 48.5 Å². The van der Waals surface area contributed by atoms with Gasteiger partial charge < -0.3 is 15.4 Å². The number of ether oxygens (including phenoxy) is 1. The average molecular weight is 432 g/mol. The van der Waals surface area contributed by atoms with Gasteiger partial charge in [0.15, 0.2) is 0 Å². The summed E-state index contributed by atoms with van der Waals surface area (Å²) in [5, 5.41) is 5.63. The molecule has 0 aliphatic carbocycles. The molecule has 6 heteroatoms. The van der Waals surface area contributed by atoms with Gasteiger partial charge in [0.2, 0.25) is 5.91 Å². The first-order valence-corrected chi connectivity index (χ1v) is 10.6. The summed E-state index contributed by atoms with van der Waals surface area (Å²) in [7, 11) is 0. The third-order valence-electron chi connectivity index (χ3n) is 4.86. The Balaban J connectivity index is 1.58. The number of benzene rings is 2. The van der Waals surface area contributed by atoms with E-state index in [4.69, 9.17) is 4.74 Å². The number of anilines is 1. The molecule has 0 aliphatic heterocycles. The molecule has 3 aromatic rings. The van der Waals surface area contributed by atoms with Crippen LogP contribution in [-0.4, -0.2) is 23.3 Å². The molecule has 0 spiro atoms. The minimum Gasteiger partial charge on any atom is -0.457 e. The molecule has 6 nitrogen and oxygen atoms in total. The summed E-state index contributed by atoms with van der Waals surface area (Å²) in [6.45, 7) is 8.34. The Morgan fingerprint density at radius 2 is 1.72 bits per heavy atom. The lowest BCUT2D eigenvalue weighted by Gasteiger charge is -2.19. The minimum absolute atomic E-state index is 0.00551. The number of rotatable bonds is 7. The molecule has 1 aromatic heterocycles. The van der Waals surface area contributed by atoms with E-state index in [-0.39, 0.29) is 17.2 Å². The summed E-state index contributed by atoms with van der Waals surface area (Å²) in [6.07, 6.45) is 2.25. The van der Waals surface area contributed by atoms with Gasteiger partial charge in [0.05, 0.1) is 0 Å². The lowest BCUT2D eigenvalue weighted by Crippen LogP contribution is -2.26. The Kier molecular flexibility index (Phi) is 7.25. The molecule has 0 unspecified atom stereocenters. The zero-order chi connectivity index (χ0) is 23.1. The van der Waals surface area contributed by atoms with Crippen molar-refractivity contribution < 1.29 is 14.3 Å². The van der Waals surface area contributed by atoms with Crippen molar-refractivity contribution in [1.29, 1.82) is 0 Å². The molecule has 32 heavy (non-hydrogen) atoms. The highest BCUT2D eigenvalue weighted by atomic mass is 16.5. The molecule has 2 N–H and O–H groups in total. The van der Waals surface area contributed by atoms with Crippen LogP contribution in [-0.2, 0) is 16.6 Å². The maximum absolute atomic E-state index is 12.6. The SMILES string of the molecule is CC(=O)Nc1cc(Oc2cccc(CCNC(=O)c3cccc(C(C)(C)C)c3)c2)ccn1. The molecule has 2 amide bonds. The highest BCUT2D eigenvalue weighted by molar-refractivity contribution is 5.94. The van der Waals surface area contributed by atoms with Crippen molar-refractivity contribution >= 4 is 17.6 Å². The second-order valence-corrected chi connectivity index (χ2v) is 8.64. The van der Waals surface area contributed by atoms with Gasteiger partial charge >= 0.3 is 0 Å². The van der Waals surface area contributed by atoms with E-state index in [0.717, 1.165) is 11.1 Å². The second-order valence-electron chi connectivity index (χ2n) is 8.64. The molecule has 0 aliphatic rings. The fraction of sp³-hybridized carbons (Fsp3) is 0.269. The molecule has 166 valence electrons. The Bertz CT molecular complexity index is 1100. The summed E-state index contributed by atoms with van der Waals surface area (Å²) >= 11 is 0. The molecular weight excluding hydrogens is 402 g/mol. The third-order valence-corrected chi connectivity index (χ3v) is 4.86. The maximum Gasteiger partial charge on any atom is 0.251 e. The Morgan fingerprint density at radius 1 is 0.969 bits per heavy atom. The van der Waals surface area contributed by atoms with Crippen LogP contribution >= 0.6 is 0 Å². The van der Waals surface area contributed by atoms with Crippen LogP contribution in [0, 0.1) is 0 Å². The number of hydrogen-bond acceptors (Lipinski definition) is 4. The van der Waals surface area contributed by atoms with Gasteiger partial charge in [-0.1, -0.05) is 45.0 Å². The van der Waals surface area contributed by atoms with Gasteiger partial charge in [0.25, 0.3) is 5.91 Å². The van der Waals surface area contributed by atoms with Crippen molar-refractivity contribution in [3.05, 3.63) is 83.6 Å². The topological polar surface area (TPSA) is 80.3 Å². The van der Waals surface area contributed by atoms with Crippen LogP contribution < -0.4 is 15.4 Å². The highest BCUT2D eigenvalue weighted by Crippen LogP contribution is 2.24. The van der Waals surface area contributed by atoms with Crippen LogP contribution in [0.1, 0.15) is 49.2 Å². The molecule has 0 saturated carbocycles. The molecular formula is C26H29N3O3. The predicted octanol–water partition coefficient (Wildman–Crippen LogP) is 5.10. The fourth-order valence-corrected chi connectivity index (χ4v) is 3.17. The summed E-state index contributed by atoms with van der Waals surface area (Å²) in [4.78, 5) is 27.9. The first-order chi connectivity index (χ1) is 15.2. The monoisotopic (exact) mass is 431 g/mol. The Hall–Kier alpha value is -3.67. The molecule has 3 rings (SSSR count). The van der Waals surface area contributed by atoms with Crippen LogP contribution in [0.3, 0.4) is 0 Å². The van der Waals surface area contributed by atoms with Crippen LogP contribution in [0.4, 0.5) is 5.82 Å². The lowest BCUT2D eigenvalue weighted by molar-refractivity contribution is -0.114. The van der Waals surface area contributed by atoms with Gasteiger partial charge in [-0.2, -0.15) is 0 Å². The van der Waals surface area contributed by atoms with Crippen molar-refractivity contribution in [1.82, 2.24) is 10.3 Å². The zero-order valence-corrected chi connectivity index (χ0v) is 18.9. The summed E-state index contributed by atoms with van der Waals surface area (Å²) in [6, 6.07) is 18.9. The number of hydrogen-bond donors (Lipinski definition) is 2. The average Bonchev–Trinajstić information content (AvgIpc) is 2.73. The van der Waals surface area contributed by atoms with Crippen LogP contribution in [0.15, 0.2) is 66.9 Å². The number of nitrogens with zero attached hydrogens (tertiary/aromatic N) is 1. The third kappa shape index (κ3) is 6.67. The number of carbonyl (C=O) groups is 2. The van der Waals surface area contributed by atoms with Gasteiger partial charge in [0.1, 0.15) is 17.3 Å². The molecule has 0 radical (unpaired) electrons. The van der Waals surface area contributed by atoms with Gasteiger partial charge in [0, 0.05) is 31.3 Å². The van der Waals surface area contributed by atoms with Crippen molar-refractivity contribution in [2.24, 2.45) is 0 Å². The lowest BCUT2D eigenvalue weighted by atomic mass is 9.86. The summed E-state index contributed by atoms with van der Waals surface area (Å²) in [5.74, 6) is 1.42. The highest BCUT2D eigenvalue weighted by Gasteiger charge is 2.15. The van der Waals surface area contributed by atoms with E-state index in [1.54, 1.807) is 18.3 Å². The quantitative estimate of drug-likeness (QED) is 0.545. The maximum atomic E-state index is 12.6. The predicted molar refractivity (Wildman–Crippen MR) is 126 cm³/mol. The second kappa shape index (κ2) is 10.1. The van der Waals surface area contributed by atoms with Crippen molar-refractivity contribution in [3.63, 3.8) is 0 Å². The fourth-order valence-electron chi connectivity index (χ4n) is 3.17. The first kappa shape index (κ1) is 23.0. The molecule has 2 aromatic carbocycles. The Labute approximate surface area is 189 Å². The van der Waals surface area contributed by atoms with E-state index < -0.39 is 0 Å². The van der Waals surface area contributed by atoms with E-state index in [9.17, 15) is 9.59 Å². The van der Waals surface area contributed by atoms with E-state index in [2.05, 4.69) is 36.4 Å². The van der Waals surface area contributed by atoms with Crippen molar-refractivity contribution in [2.45, 2.75) is 39.5 Å². The Morgan fingerprint density at radius 3 is 2.47 bits per heavy atom. The van der Waals surface area contributed by atoms with Gasteiger partial charge in [-0.25, -0.2) is 4.98 Å². The van der Waals surface area contributed by atoms with Crippen molar-refractivity contribution in [3.8, 4) is 11.5 Å². The smallest absolute Gasteiger partial charge is 0.251 e. The number of nitrogens with one attached hydrogen (secondary N) is 2. The molecule has 0 bridgehead atoms. The first-order valence-electron chi connectivity index (χ1n) is 10.6. The van der Waals surface area contributed by atoms with E-state index in [1.165, 1.54) is 6.92 Å². The number of amides is 2. The normalized spacial score (nSPS) is 11.0. The summed E-state index contributed by atoms with van der Waals surface area (Å²) < 4.78 is 5.90. The van der Waals surface area contributed by atoms with E-state index >= 15 is 0 Å². The zero-order valence-electron chi connectivity index (χ0n) is 18.9. The largest absolute Gasteiger partial charge is 0.457 e. The number of carbonyl (C=O) groups excluding carboxylic acids is 2. The van der Waals surface area contributed by atoms with Gasteiger partial charge in [-0.05, 0) is 53.3 Å². The molecule has 1 heterocycles. The van der Waals surface area contributed by atoms with Gasteiger partial charge in [-0.15, -0.1) is 0 Å². The van der Waals surface area contributed by atoms with E-state index in [0.29, 0.717) is 35.8 Å². The standard InChI is InChI=1S/C26H29N3O3/c1-18(30)29-24-17-23(12-14-27-24)32-22-10-5-7-19(15-22)11-13-28-25(31)20-8-6-9-21(16-20)26(2,3)4/h5-10,12,14-17H,11,13H2,1-4H3,(H,28,31)(H,27,29,30). The van der Waals surface area contributed by atoms with Crippen LogP contribution in [0.25, 0.3) is 0 Å². The minimum atomic E-state index is -0.191. The van der Waals surface area contributed by atoms with Crippen LogP contribution in [0.5, 0.6) is 11.5 Å². The van der Waals surface area contributed by atoms with Crippen LogP contribution in [0.2, 0.25) is 0 Å². The molecule has 0 atom stereocenters. The molecule has 0 saturated heterocycles. The van der Waals surface area contributed by atoms with Gasteiger partial charge in [-0.3, -0.25) is 9.59 Å². The number of aromatic nitrogens is 1. The summed E-state index contributed by atoms with van der Waals surface area (Å²) in [5.41, 5.74) is 2.84. The number of pyridine rings is 1. The van der Waals surface area contributed by atoms with Crippen molar-refractivity contribution in [2.75, 3.05) is 11.9 Å². The molecule has 0 fully saturated rings.